The fraction of sp³-hybridized carbons (Fsp3) is 0.348. The average molecular weight is 409 g/mol. The van der Waals surface area contributed by atoms with Gasteiger partial charge in [0.1, 0.15) is 11.8 Å². The van der Waals surface area contributed by atoms with Crippen molar-refractivity contribution >= 4 is 28.8 Å². The van der Waals surface area contributed by atoms with E-state index in [0.29, 0.717) is 18.8 Å². The highest BCUT2D eigenvalue weighted by Crippen LogP contribution is 2.16. The van der Waals surface area contributed by atoms with Crippen molar-refractivity contribution in [2.75, 3.05) is 12.4 Å². The van der Waals surface area contributed by atoms with Gasteiger partial charge in [-0.15, -0.1) is 0 Å². The van der Waals surface area contributed by atoms with Gasteiger partial charge in [-0.25, -0.2) is 4.98 Å². The van der Waals surface area contributed by atoms with E-state index in [0.717, 1.165) is 28.8 Å². The molecule has 0 radical (unpaired) electrons. The van der Waals surface area contributed by atoms with E-state index in [-0.39, 0.29) is 17.7 Å². The molecular formula is C23H28N4O3. The molecule has 3 rings (SSSR count). The van der Waals surface area contributed by atoms with Crippen LogP contribution >= 0.6 is 0 Å². The van der Waals surface area contributed by atoms with E-state index in [1.807, 2.05) is 62.4 Å². The van der Waals surface area contributed by atoms with Gasteiger partial charge >= 0.3 is 0 Å². The van der Waals surface area contributed by atoms with Crippen LogP contribution in [0.15, 0.2) is 48.5 Å². The molecule has 7 heteroatoms. The summed E-state index contributed by atoms with van der Waals surface area (Å²) in [5, 5.41) is 5.70. The number of fused-ring (bicyclic) bond motifs is 1. The van der Waals surface area contributed by atoms with Gasteiger partial charge in [0.15, 0.2) is 0 Å². The number of hydrogen-bond acceptors (Lipinski definition) is 4. The van der Waals surface area contributed by atoms with E-state index in [9.17, 15) is 9.59 Å². The highest BCUT2D eigenvalue weighted by Gasteiger charge is 2.26. The largest absolute Gasteiger partial charge is 0.497 e. The van der Waals surface area contributed by atoms with Gasteiger partial charge in [-0.3, -0.25) is 14.9 Å². The molecule has 0 aliphatic rings. The standard InChI is InChI=1S/C23H28N4O3/c1-4-15(2)21(22(29)27-23-24-18-7-5-6-8-19(18)25-23)26-20(28)14-11-16-9-12-17(30-3)13-10-16/h5-10,12-13,15,21H,4,11,14H2,1-3H3,(H,26,28)(H2,24,25,27,29). The molecule has 7 nitrogen and oxygen atoms in total. The molecule has 0 bridgehead atoms. The van der Waals surface area contributed by atoms with Crippen LogP contribution in [0.5, 0.6) is 5.75 Å². The number of nitrogens with zero attached hydrogens (tertiary/aromatic N) is 1. The van der Waals surface area contributed by atoms with Crippen LogP contribution < -0.4 is 15.4 Å². The third-order valence-corrected chi connectivity index (χ3v) is 5.24. The Morgan fingerprint density at radius 2 is 1.87 bits per heavy atom. The number of para-hydroxylation sites is 2. The second-order valence-electron chi connectivity index (χ2n) is 7.37. The summed E-state index contributed by atoms with van der Waals surface area (Å²) in [6, 6.07) is 14.5. The summed E-state index contributed by atoms with van der Waals surface area (Å²) in [6.07, 6.45) is 1.66. The molecule has 0 fully saturated rings. The lowest BCUT2D eigenvalue weighted by Gasteiger charge is -2.23. The van der Waals surface area contributed by atoms with Crippen molar-refractivity contribution in [2.24, 2.45) is 5.92 Å². The highest BCUT2D eigenvalue weighted by molar-refractivity contribution is 5.97. The Kier molecular flexibility index (Phi) is 7.06. The summed E-state index contributed by atoms with van der Waals surface area (Å²) in [7, 11) is 1.62. The summed E-state index contributed by atoms with van der Waals surface area (Å²) in [6.45, 7) is 3.95. The molecule has 3 N–H and O–H groups in total. The van der Waals surface area contributed by atoms with Gasteiger partial charge in [-0.2, -0.15) is 0 Å². The van der Waals surface area contributed by atoms with Crippen molar-refractivity contribution in [3.63, 3.8) is 0 Å². The number of ether oxygens (including phenoxy) is 1. The third kappa shape index (κ3) is 5.37. The Bertz CT molecular complexity index is 964. The number of imidazole rings is 1. The zero-order chi connectivity index (χ0) is 21.5. The Balaban J connectivity index is 1.60. The van der Waals surface area contributed by atoms with Gasteiger partial charge in [0, 0.05) is 6.42 Å². The van der Waals surface area contributed by atoms with E-state index >= 15 is 0 Å². The molecule has 0 aliphatic carbocycles. The first kappa shape index (κ1) is 21.4. The summed E-state index contributed by atoms with van der Waals surface area (Å²) < 4.78 is 5.15. The lowest BCUT2D eigenvalue weighted by molar-refractivity contribution is -0.127. The van der Waals surface area contributed by atoms with Crippen LogP contribution in [0.1, 0.15) is 32.3 Å². The van der Waals surface area contributed by atoms with Crippen LogP contribution in [0.25, 0.3) is 11.0 Å². The Morgan fingerprint density at radius 3 is 2.53 bits per heavy atom. The van der Waals surface area contributed by atoms with Gasteiger partial charge < -0.3 is 15.0 Å². The number of methoxy groups -OCH3 is 1. The predicted octanol–water partition coefficient (Wildman–Crippen LogP) is 3.67. The van der Waals surface area contributed by atoms with Crippen LogP contribution in [0.4, 0.5) is 5.95 Å². The Morgan fingerprint density at radius 1 is 1.13 bits per heavy atom. The maximum absolute atomic E-state index is 12.9. The number of carbonyl (C=O) groups excluding carboxylic acids is 2. The number of rotatable bonds is 9. The van der Waals surface area contributed by atoms with Crippen molar-refractivity contribution in [2.45, 2.75) is 39.2 Å². The third-order valence-electron chi connectivity index (χ3n) is 5.24. The first-order chi connectivity index (χ1) is 14.5. The van der Waals surface area contributed by atoms with Crippen molar-refractivity contribution < 1.29 is 14.3 Å². The monoisotopic (exact) mass is 408 g/mol. The second-order valence-corrected chi connectivity index (χ2v) is 7.37. The predicted molar refractivity (Wildman–Crippen MR) is 117 cm³/mol. The summed E-state index contributed by atoms with van der Waals surface area (Å²) in [5.74, 6) is 0.709. The van der Waals surface area contributed by atoms with Crippen LogP contribution in [0, 0.1) is 5.92 Å². The number of aryl methyl sites for hydroxylation is 1. The minimum absolute atomic E-state index is 0.0145. The van der Waals surface area contributed by atoms with Crippen LogP contribution in [-0.4, -0.2) is 34.9 Å². The van der Waals surface area contributed by atoms with Gasteiger partial charge in [0.25, 0.3) is 0 Å². The molecule has 158 valence electrons. The number of benzene rings is 2. The number of aromatic nitrogens is 2. The van der Waals surface area contributed by atoms with Crippen molar-refractivity contribution in [3.8, 4) is 5.75 Å². The normalized spacial score (nSPS) is 12.9. The second kappa shape index (κ2) is 9.91. The first-order valence-corrected chi connectivity index (χ1v) is 10.2. The van der Waals surface area contributed by atoms with E-state index in [1.165, 1.54) is 0 Å². The minimum Gasteiger partial charge on any atom is -0.497 e. The molecule has 0 saturated heterocycles. The number of amides is 2. The van der Waals surface area contributed by atoms with Crippen molar-refractivity contribution in [3.05, 3.63) is 54.1 Å². The molecule has 0 saturated carbocycles. The van der Waals surface area contributed by atoms with E-state index in [1.54, 1.807) is 7.11 Å². The fourth-order valence-corrected chi connectivity index (χ4v) is 3.20. The van der Waals surface area contributed by atoms with E-state index < -0.39 is 6.04 Å². The molecule has 3 aromatic rings. The number of nitrogens with one attached hydrogen (secondary N) is 3. The maximum Gasteiger partial charge on any atom is 0.249 e. The number of aromatic amines is 1. The highest BCUT2D eigenvalue weighted by atomic mass is 16.5. The molecular weight excluding hydrogens is 380 g/mol. The molecule has 0 aliphatic heterocycles. The summed E-state index contributed by atoms with van der Waals surface area (Å²) >= 11 is 0. The first-order valence-electron chi connectivity index (χ1n) is 10.2. The topological polar surface area (TPSA) is 96.1 Å². The lowest BCUT2D eigenvalue weighted by Crippen LogP contribution is -2.47. The SMILES string of the molecule is CCC(C)C(NC(=O)CCc1ccc(OC)cc1)C(=O)Nc1nc2ccccc2[nH]1. The molecule has 0 spiro atoms. The molecule has 2 atom stereocenters. The molecule has 1 heterocycles. The molecule has 2 aromatic carbocycles. The average Bonchev–Trinajstić information content (AvgIpc) is 3.18. The smallest absolute Gasteiger partial charge is 0.249 e. The summed E-state index contributed by atoms with van der Waals surface area (Å²) in [4.78, 5) is 32.9. The summed E-state index contributed by atoms with van der Waals surface area (Å²) in [5.41, 5.74) is 2.66. The van der Waals surface area contributed by atoms with Crippen molar-refractivity contribution in [1.29, 1.82) is 0 Å². The Hall–Kier alpha value is -3.35. The number of H-pyrrole nitrogens is 1. The van der Waals surface area contributed by atoms with Gasteiger partial charge in [-0.05, 0) is 42.2 Å². The van der Waals surface area contributed by atoms with E-state index in [2.05, 4.69) is 20.6 Å². The zero-order valence-electron chi connectivity index (χ0n) is 17.6. The Labute approximate surface area is 176 Å². The van der Waals surface area contributed by atoms with Crippen molar-refractivity contribution in [1.82, 2.24) is 15.3 Å². The van der Waals surface area contributed by atoms with Gasteiger partial charge in [0.05, 0.1) is 18.1 Å². The number of hydrogen-bond donors (Lipinski definition) is 3. The molecule has 2 unspecified atom stereocenters. The van der Waals surface area contributed by atoms with E-state index in [4.69, 9.17) is 4.74 Å². The number of carbonyl (C=O) groups is 2. The van der Waals surface area contributed by atoms with Crippen LogP contribution in [0.2, 0.25) is 0 Å². The minimum atomic E-state index is -0.633. The van der Waals surface area contributed by atoms with Crippen LogP contribution in [-0.2, 0) is 16.0 Å². The quantitative estimate of drug-likeness (QED) is 0.503. The molecule has 30 heavy (non-hydrogen) atoms. The molecule has 2 amide bonds. The maximum atomic E-state index is 12.9. The van der Waals surface area contributed by atoms with Gasteiger partial charge in [-0.1, -0.05) is 44.5 Å². The van der Waals surface area contributed by atoms with Crippen LogP contribution in [0.3, 0.4) is 0 Å². The fourth-order valence-electron chi connectivity index (χ4n) is 3.20. The lowest BCUT2D eigenvalue weighted by atomic mass is 9.98. The zero-order valence-corrected chi connectivity index (χ0v) is 17.6. The number of anilines is 1. The molecule has 1 aromatic heterocycles. The van der Waals surface area contributed by atoms with Gasteiger partial charge in [0.2, 0.25) is 17.8 Å².